The predicted octanol–water partition coefficient (Wildman–Crippen LogP) is 0.307. The molecule has 0 aliphatic rings. The summed E-state index contributed by atoms with van der Waals surface area (Å²) in [5, 5.41) is 2.90. The maximum atomic E-state index is 11.8. The van der Waals surface area contributed by atoms with Crippen molar-refractivity contribution in [1.82, 2.24) is 9.29 Å². The molecule has 0 fully saturated rings. The summed E-state index contributed by atoms with van der Waals surface area (Å²) in [4.78, 5) is 15.0. The number of hydrogen-bond donors (Lipinski definition) is 1. The Balaban J connectivity index is 2.65. The number of nitrogens with zero attached hydrogens (tertiary/aromatic N) is 2. The number of carbonyl (C=O) groups is 1. The Labute approximate surface area is 112 Å². The largest absolute Gasteiger partial charge is 0.469 e. The van der Waals surface area contributed by atoms with Crippen LogP contribution < -0.4 is 5.32 Å². The van der Waals surface area contributed by atoms with E-state index in [1.807, 2.05) is 0 Å². The number of carbonyl (C=O) groups excluding carboxylic acids is 1. The van der Waals surface area contributed by atoms with Crippen LogP contribution in [-0.4, -0.2) is 51.4 Å². The Morgan fingerprint density at radius 3 is 2.58 bits per heavy atom. The Hall–Kier alpha value is -1.67. The first-order valence-electron chi connectivity index (χ1n) is 5.57. The first-order valence-corrected chi connectivity index (χ1v) is 7.01. The molecule has 0 aliphatic heterocycles. The van der Waals surface area contributed by atoms with Crippen LogP contribution in [-0.2, 0) is 19.6 Å². The lowest BCUT2D eigenvalue weighted by molar-refractivity contribution is -0.140. The van der Waals surface area contributed by atoms with Crippen LogP contribution >= 0.6 is 0 Å². The van der Waals surface area contributed by atoms with Gasteiger partial charge in [0.25, 0.3) is 0 Å². The first-order chi connectivity index (χ1) is 8.87. The van der Waals surface area contributed by atoms with E-state index >= 15 is 0 Å². The number of hydrogen-bond acceptors (Lipinski definition) is 6. The average molecular weight is 287 g/mol. The van der Waals surface area contributed by atoms with Gasteiger partial charge in [0, 0.05) is 26.8 Å². The number of anilines is 1. The van der Waals surface area contributed by atoms with Crippen LogP contribution in [0.1, 0.15) is 6.42 Å². The maximum Gasteiger partial charge on any atom is 0.307 e. The molecule has 19 heavy (non-hydrogen) atoms. The second-order valence-electron chi connectivity index (χ2n) is 3.92. The summed E-state index contributed by atoms with van der Waals surface area (Å²) in [6.07, 6.45) is 1.49. The highest BCUT2D eigenvalue weighted by Gasteiger charge is 2.17. The number of aromatic nitrogens is 1. The molecule has 1 N–H and O–H groups in total. The molecule has 0 spiro atoms. The molecule has 0 aromatic carbocycles. The van der Waals surface area contributed by atoms with Crippen molar-refractivity contribution in [2.75, 3.05) is 33.1 Å². The van der Waals surface area contributed by atoms with E-state index in [0.29, 0.717) is 12.4 Å². The van der Waals surface area contributed by atoms with Crippen molar-refractivity contribution >= 4 is 21.8 Å². The first kappa shape index (κ1) is 15.4. The van der Waals surface area contributed by atoms with E-state index in [1.54, 1.807) is 6.07 Å². The van der Waals surface area contributed by atoms with Gasteiger partial charge in [-0.15, -0.1) is 0 Å². The highest BCUT2D eigenvalue weighted by molar-refractivity contribution is 7.89. The number of methoxy groups -OCH3 is 1. The summed E-state index contributed by atoms with van der Waals surface area (Å²) >= 11 is 0. The van der Waals surface area contributed by atoms with Gasteiger partial charge >= 0.3 is 5.97 Å². The number of esters is 1. The van der Waals surface area contributed by atoms with Crippen molar-refractivity contribution in [3.8, 4) is 0 Å². The summed E-state index contributed by atoms with van der Waals surface area (Å²) in [6, 6.07) is 3.01. The van der Waals surface area contributed by atoms with Crippen molar-refractivity contribution in [3.63, 3.8) is 0 Å². The maximum absolute atomic E-state index is 11.8. The van der Waals surface area contributed by atoms with Crippen LogP contribution in [0.5, 0.6) is 0 Å². The van der Waals surface area contributed by atoms with Crippen molar-refractivity contribution in [1.29, 1.82) is 0 Å². The van der Waals surface area contributed by atoms with Crippen molar-refractivity contribution in [2.45, 2.75) is 11.3 Å². The van der Waals surface area contributed by atoms with Crippen molar-refractivity contribution in [2.24, 2.45) is 0 Å². The van der Waals surface area contributed by atoms with E-state index in [2.05, 4.69) is 15.0 Å². The second kappa shape index (κ2) is 6.48. The smallest absolute Gasteiger partial charge is 0.307 e. The summed E-state index contributed by atoms with van der Waals surface area (Å²) in [5.74, 6) is 0.181. The fraction of sp³-hybridized carbons (Fsp3) is 0.455. The molecule has 0 unspecified atom stereocenters. The Kier molecular flexibility index (Phi) is 5.25. The molecule has 1 rings (SSSR count). The molecular formula is C11H17N3O4S. The zero-order valence-electron chi connectivity index (χ0n) is 11.1. The highest BCUT2D eigenvalue weighted by Crippen LogP contribution is 2.13. The third-order valence-electron chi connectivity index (χ3n) is 2.38. The second-order valence-corrected chi connectivity index (χ2v) is 6.07. The Bertz CT molecular complexity index is 525. The zero-order chi connectivity index (χ0) is 14.5. The van der Waals surface area contributed by atoms with Gasteiger partial charge in [-0.1, -0.05) is 0 Å². The van der Waals surface area contributed by atoms with Gasteiger partial charge in [0.05, 0.1) is 13.5 Å². The monoisotopic (exact) mass is 287 g/mol. The van der Waals surface area contributed by atoms with E-state index in [4.69, 9.17) is 0 Å². The number of nitrogens with one attached hydrogen (secondary N) is 1. The molecule has 0 bridgehead atoms. The third-order valence-corrected chi connectivity index (χ3v) is 4.18. The standard InChI is InChI=1S/C11H17N3O4S/c1-14(2)19(16,17)9-4-5-10(13-8-9)12-7-6-11(15)18-3/h4-5,8H,6-7H2,1-3H3,(H,12,13). The molecule has 0 radical (unpaired) electrons. The van der Waals surface area contributed by atoms with Gasteiger partial charge in [-0.2, -0.15) is 0 Å². The Morgan fingerprint density at radius 2 is 2.11 bits per heavy atom. The lowest BCUT2D eigenvalue weighted by atomic mass is 10.4. The topological polar surface area (TPSA) is 88.6 Å². The van der Waals surface area contributed by atoms with E-state index in [9.17, 15) is 13.2 Å². The van der Waals surface area contributed by atoms with Gasteiger partial charge < -0.3 is 10.1 Å². The number of ether oxygens (including phenoxy) is 1. The van der Waals surface area contributed by atoms with Crippen LogP contribution in [0.15, 0.2) is 23.2 Å². The van der Waals surface area contributed by atoms with Gasteiger partial charge in [-0.05, 0) is 12.1 Å². The summed E-state index contributed by atoms with van der Waals surface area (Å²) < 4.78 is 29.2. The summed E-state index contributed by atoms with van der Waals surface area (Å²) in [7, 11) is 0.771. The number of rotatable bonds is 6. The van der Waals surface area contributed by atoms with Gasteiger partial charge in [-0.25, -0.2) is 17.7 Å². The van der Waals surface area contributed by atoms with Crippen LogP contribution in [0.2, 0.25) is 0 Å². The molecule has 1 aromatic heterocycles. The van der Waals surface area contributed by atoms with Crippen molar-refractivity contribution in [3.05, 3.63) is 18.3 Å². The third kappa shape index (κ3) is 4.18. The van der Waals surface area contributed by atoms with Crippen LogP contribution in [0.3, 0.4) is 0 Å². The molecule has 0 aliphatic carbocycles. The van der Waals surface area contributed by atoms with Crippen LogP contribution in [0.4, 0.5) is 5.82 Å². The summed E-state index contributed by atoms with van der Waals surface area (Å²) in [6.45, 7) is 0.374. The molecule has 0 saturated carbocycles. The van der Waals surface area contributed by atoms with E-state index in [1.165, 1.54) is 33.5 Å². The molecular weight excluding hydrogens is 270 g/mol. The minimum Gasteiger partial charge on any atom is -0.469 e. The molecule has 1 heterocycles. The van der Waals surface area contributed by atoms with E-state index < -0.39 is 10.0 Å². The fourth-order valence-electron chi connectivity index (χ4n) is 1.24. The van der Waals surface area contributed by atoms with Crippen molar-refractivity contribution < 1.29 is 17.9 Å². The van der Waals surface area contributed by atoms with E-state index in [0.717, 1.165) is 4.31 Å². The Morgan fingerprint density at radius 1 is 1.42 bits per heavy atom. The van der Waals surface area contributed by atoms with Gasteiger partial charge in [-0.3, -0.25) is 4.79 Å². The van der Waals surface area contributed by atoms with Gasteiger partial charge in [0.2, 0.25) is 10.0 Å². The normalized spacial score (nSPS) is 11.4. The molecule has 1 aromatic rings. The summed E-state index contributed by atoms with van der Waals surface area (Å²) in [5.41, 5.74) is 0. The molecule has 0 atom stereocenters. The molecule has 0 amide bonds. The minimum atomic E-state index is -3.46. The van der Waals surface area contributed by atoms with Crippen LogP contribution in [0, 0.1) is 0 Å². The lowest BCUT2D eigenvalue weighted by Gasteiger charge is -2.11. The van der Waals surface area contributed by atoms with E-state index in [-0.39, 0.29) is 17.3 Å². The SMILES string of the molecule is COC(=O)CCNc1ccc(S(=O)(=O)N(C)C)cn1. The molecule has 106 valence electrons. The molecule has 0 saturated heterocycles. The average Bonchev–Trinajstić information content (AvgIpc) is 2.39. The zero-order valence-corrected chi connectivity index (χ0v) is 11.9. The van der Waals surface area contributed by atoms with Gasteiger partial charge in [0.1, 0.15) is 10.7 Å². The fourth-order valence-corrected chi connectivity index (χ4v) is 2.09. The number of sulfonamides is 1. The number of pyridine rings is 1. The lowest BCUT2D eigenvalue weighted by Crippen LogP contribution is -2.22. The molecule has 7 nitrogen and oxygen atoms in total. The van der Waals surface area contributed by atoms with Gasteiger partial charge in [0.15, 0.2) is 0 Å². The predicted molar refractivity (Wildman–Crippen MR) is 70.2 cm³/mol. The minimum absolute atomic E-state index is 0.121. The molecule has 8 heteroatoms. The highest BCUT2D eigenvalue weighted by atomic mass is 32.2. The van der Waals surface area contributed by atoms with Crippen LogP contribution in [0.25, 0.3) is 0 Å². The quantitative estimate of drug-likeness (QED) is 0.757.